The van der Waals surface area contributed by atoms with Gasteiger partial charge in [0, 0.05) is 4.57 Å². The number of nitrogens with zero attached hydrogens (tertiary/aromatic N) is 7. The van der Waals surface area contributed by atoms with Gasteiger partial charge >= 0.3 is 15.0 Å². The first-order chi connectivity index (χ1) is 21.0. The van der Waals surface area contributed by atoms with Crippen LogP contribution in [0.4, 0.5) is 20.5 Å². The number of rotatable bonds is 2. The van der Waals surface area contributed by atoms with Gasteiger partial charge < -0.3 is 30.4 Å². The van der Waals surface area contributed by atoms with Crippen molar-refractivity contribution in [2.24, 2.45) is 0 Å². The molecule has 2 unspecified atom stereocenters. The first-order valence-electron chi connectivity index (χ1n) is 12.7. The van der Waals surface area contributed by atoms with Gasteiger partial charge in [0.05, 0.1) is 19.3 Å². The lowest BCUT2D eigenvalue weighted by Gasteiger charge is -2.25. The summed E-state index contributed by atoms with van der Waals surface area (Å²) in [6.07, 6.45) is -9.30. The summed E-state index contributed by atoms with van der Waals surface area (Å²) in [4.78, 5) is 45.3. The average molecular weight is 677 g/mol. The number of H-pyrrole nitrogens is 1. The highest BCUT2D eigenvalue weighted by atomic mass is 32.5. The van der Waals surface area contributed by atoms with Crippen molar-refractivity contribution in [3.63, 3.8) is 0 Å². The monoisotopic (exact) mass is 677 g/mol. The van der Waals surface area contributed by atoms with Crippen LogP contribution in [-0.2, 0) is 43.9 Å². The van der Waals surface area contributed by atoms with Crippen molar-refractivity contribution in [3.8, 4) is 0 Å². The van der Waals surface area contributed by atoms with Crippen molar-refractivity contribution in [1.82, 2.24) is 39.0 Å². The minimum absolute atomic E-state index is 0.0538. The van der Waals surface area contributed by atoms with E-state index in [1.54, 1.807) is 0 Å². The van der Waals surface area contributed by atoms with E-state index in [4.69, 9.17) is 50.8 Å². The Kier molecular flexibility index (Phi) is 7.40. The SMILES string of the molecule is Nc1nc2c(ncn2[C@@H]2O[C@@H]3COP(O)(=S)O[C@H]4[C@@H](F)[C@H](n5cnc6c(N)ncnc65)O[C@@H]4CO[P+](=O)O[C@H]3[C@H]2F)c(=O)[nH]1. The minimum atomic E-state index is -4.26. The van der Waals surface area contributed by atoms with Crippen LogP contribution in [0, 0.1) is 0 Å². The van der Waals surface area contributed by atoms with Crippen molar-refractivity contribution in [1.29, 1.82) is 0 Å². The molecule has 3 fully saturated rings. The lowest BCUT2D eigenvalue weighted by atomic mass is 10.1. The number of hydrogen-bond donors (Lipinski definition) is 4. The summed E-state index contributed by atoms with van der Waals surface area (Å²) in [5.74, 6) is -0.198. The molecule has 4 aromatic heterocycles. The van der Waals surface area contributed by atoms with Crippen molar-refractivity contribution in [2.75, 3.05) is 24.7 Å². The van der Waals surface area contributed by atoms with E-state index in [0.29, 0.717) is 0 Å². The molecular weight excluding hydrogens is 656 g/mol. The molecule has 24 heteroatoms. The van der Waals surface area contributed by atoms with Gasteiger partial charge in [-0.1, -0.05) is 0 Å². The van der Waals surface area contributed by atoms with Crippen LogP contribution in [0.3, 0.4) is 0 Å². The number of alkyl halides is 2. The molecule has 4 aromatic rings. The van der Waals surface area contributed by atoms with E-state index in [1.807, 2.05) is 0 Å². The summed E-state index contributed by atoms with van der Waals surface area (Å²) in [6.45, 7) is -5.49. The van der Waals surface area contributed by atoms with E-state index in [0.717, 1.165) is 17.2 Å². The van der Waals surface area contributed by atoms with E-state index in [-0.39, 0.29) is 34.1 Å². The van der Waals surface area contributed by atoms with Gasteiger partial charge in [-0.05, 0) is 11.8 Å². The maximum atomic E-state index is 15.9. The lowest BCUT2D eigenvalue weighted by molar-refractivity contribution is -0.0558. The summed E-state index contributed by atoms with van der Waals surface area (Å²) in [5, 5.41) is 0. The summed E-state index contributed by atoms with van der Waals surface area (Å²) in [5.41, 5.74) is 10.9. The highest BCUT2D eigenvalue weighted by molar-refractivity contribution is 8.07. The molecule has 0 amide bonds. The van der Waals surface area contributed by atoms with E-state index < -0.39 is 83.0 Å². The summed E-state index contributed by atoms with van der Waals surface area (Å²) in [6, 6.07) is 0. The summed E-state index contributed by atoms with van der Waals surface area (Å²) < 4.78 is 80.1. The number of ether oxygens (including phenoxy) is 2. The van der Waals surface area contributed by atoms with Crippen molar-refractivity contribution in [3.05, 3.63) is 29.3 Å². The Morgan fingerprint density at radius 1 is 1.00 bits per heavy atom. The van der Waals surface area contributed by atoms with E-state index in [9.17, 15) is 14.3 Å². The molecule has 6 N–H and O–H groups in total. The molecule has 0 bridgehead atoms. The molecule has 44 heavy (non-hydrogen) atoms. The number of anilines is 2. The second-order valence-corrected chi connectivity index (χ2v) is 13.5. The van der Waals surface area contributed by atoms with Crippen molar-refractivity contribution in [2.45, 2.75) is 49.2 Å². The zero-order valence-electron chi connectivity index (χ0n) is 21.8. The van der Waals surface area contributed by atoms with Crippen LogP contribution >= 0.6 is 15.0 Å². The number of aromatic nitrogens is 8. The zero-order chi connectivity index (χ0) is 30.9. The molecular formula is C20H21F2N10O9P2S+. The highest BCUT2D eigenvalue weighted by Crippen LogP contribution is 2.52. The molecule has 234 valence electrons. The fraction of sp³-hybridized carbons (Fsp3) is 0.500. The number of imidazole rings is 2. The van der Waals surface area contributed by atoms with Gasteiger partial charge in [0.1, 0.15) is 36.8 Å². The third-order valence-electron chi connectivity index (χ3n) is 7.13. The maximum Gasteiger partial charge on any atom is 0.697 e. The smallest absolute Gasteiger partial charge is 0.382 e. The topological polar surface area (TPSA) is 252 Å². The number of fused-ring (bicyclic) bond motifs is 4. The molecule has 3 aliphatic rings. The second-order valence-electron chi connectivity index (χ2n) is 9.80. The third-order valence-corrected chi connectivity index (χ3v) is 9.46. The van der Waals surface area contributed by atoms with Gasteiger partial charge in [-0.2, -0.15) is 4.98 Å². The highest BCUT2D eigenvalue weighted by Gasteiger charge is 2.55. The quantitative estimate of drug-likeness (QED) is 0.208. The molecule has 0 aromatic carbocycles. The Balaban J connectivity index is 1.15. The number of aromatic amines is 1. The Labute approximate surface area is 249 Å². The molecule has 0 saturated carbocycles. The van der Waals surface area contributed by atoms with Crippen LogP contribution in [0.1, 0.15) is 12.5 Å². The van der Waals surface area contributed by atoms with Crippen LogP contribution < -0.4 is 17.0 Å². The maximum absolute atomic E-state index is 15.9. The van der Waals surface area contributed by atoms with E-state index >= 15 is 8.78 Å². The molecule has 7 heterocycles. The number of halogens is 2. The van der Waals surface area contributed by atoms with Gasteiger partial charge in [-0.15, -0.1) is 9.05 Å². The average Bonchev–Trinajstić information content (AvgIpc) is 3.72. The number of hydrogen-bond acceptors (Lipinski definition) is 16. The van der Waals surface area contributed by atoms with Crippen LogP contribution in [-0.4, -0.2) is 93.9 Å². The van der Waals surface area contributed by atoms with Gasteiger partial charge in [0.15, 0.2) is 53.5 Å². The lowest BCUT2D eigenvalue weighted by Crippen LogP contribution is -2.36. The molecule has 0 aliphatic carbocycles. The standard InChI is InChI=1S/C20H20F2N10O9P2S/c21-8-12-7(39-18(8)32-5-28-11-16(32)29-20(24)30-17(11)33)2-37-43(35,44)41-13-6(1-36-42(34)40-12)38-19(9(13)22)31-4-27-10-14(23)25-3-26-15(10)31/h3-9,12-13,18-19H,1-2H2,(H5-,23,24,25,26,29,30,33,35,44)/p+1/t6-,7-,8-,9-,12-,13-,18-,19-,43?/m1/s1. The Hall–Kier alpha value is -3.17. The van der Waals surface area contributed by atoms with Crippen molar-refractivity contribution < 1.29 is 45.8 Å². The largest absolute Gasteiger partial charge is 0.697 e. The van der Waals surface area contributed by atoms with Crippen LogP contribution in [0.2, 0.25) is 0 Å². The Bertz CT molecular complexity index is 1880. The predicted molar refractivity (Wildman–Crippen MR) is 146 cm³/mol. The van der Waals surface area contributed by atoms with Gasteiger partial charge in [0.25, 0.3) is 5.56 Å². The van der Waals surface area contributed by atoms with Crippen LogP contribution in [0.15, 0.2) is 23.8 Å². The normalized spacial score (nSPS) is 35.8. The van der Waals surface area contributed by atoms with E-state index in [1.165, 1.54) is 10.9 Å². The van der Waals surface area contributed by atoms with Crippen LogP contribution in [0.5, 0.6) is 0 Å². The zero-order valence-corrected chi connectivity index (χ0v) is 24.4. The fourth-order valence-electron chi connectivity index (χ4n) is 5.16. The molecule has 7 rings (SSSR count). The Morgan fingerprint density at radius 2 is 1.66 bits per heavy atom. The van der Waals surface area contributed by atoms with Crippen LogP contribution in [0.25, 0.3) is 22.3 Å². The minimum Gasteiger partial charge on any atom is -0.382 e. The second kappa shape index (κ2) is 11.0. The molecule has 10 atom stereocenters. The van der Waals surface area contributed by atoms with Gasteiger partial charge in [0.2, 0.25) is 5.95 Å². The summed E-state index contributed by atoms with van der Waals surface area (Å²) in [7, 11) is -3.05. The Morgan fingerprint density at radius 3 is 2.41 bits per heavy atom. The molecule has 0 radical (unpaired) electrons. The predicted octanol–water partition coefficient (Wildman–Crippen LogP) is 0.286. The third kappa shape index (κ3) is 5.06. The molecule has 3 aliphatic heterocycles. The molecule has 3 saturated heterocycles. The summed E-state index contributed by atoms with van der Waals surface area (Å²) >= 11 is 5.13. The van der Waals surface area contributed by atoms with Gasteiger partial charge in [-0.3, -0.25) is 23.4 Å². The first-order valence-corrected chi connectivity index (χ1v) is 16.4. The number of nitrogens with two attached hydrogens (primary N) is 2. The number of nitrogens with one attached hydrogen (secondary N) is 1. The van der Waals surface area contributed by atoms with E-state index in [2.05, 4.69) is 29.9 Å². The molecule has 0 spiro atoms. The first kappa shape index (κ1) is 29.5. The van der Waals surface area contributed by atoms with Gasteiger partial charge in [-0.25, -0.2) is 28.7 Å². The fourth-order valence-corrected chi connectivity index (χ4v) is 7.37. The van der Waals surface area contributed by atoms with Crippen molar-refractivity contribution >= 4 is 60.9 Å². The molecule has 19 nitrogen and oxygen atoms in total. The number of nitrogen functional groups attached to an aromatic ring is 2.